The van der Waals surface area contributed by atoms with Gasteiger partial charge in [-0.1, -0.05) is 23.9 Å². The lowest BCUT2D eigenvalue weighted by atomic mass is 10.2. The number of halogens is 1. The maximum atomic E-state index is 13.9. The number of benzene rings is 1. The molecule has 0 spiro atoms. The molecule has 146 valence electrons. The van der Waals surface area contributed by atoms with Crippen molar-refractivity contribution in [3.63, 3.8) is 0 Å². The molecule has 1 aromatic heterocycles. The van der Waals surface area contributed by atoms with Crippen LogP contribution in [0.25, 0.3) is 11.4 Å². The van der Waals surface area contributed by atoms with E-state index in [9.17, 15) is 17.6 Å². The minimum Gasteiger partial charge on any atom is -0.338 e. The van der Waals surface area contributed by atoms with Gasteiger partial charge in [-0.25, -0.2) is 17.5 Å². The van der Waals surface area contributed by atoms with Gasteiger partial charge in [-0.3, -0.25) is 4.79 Å². The molecule has 0 aliphatic carbocycles. The molecule has 1 aliphatic heterocycles. The minimum atomic E-state index is -3.07. The quantitative estimate of drug-likeness (QED) is 0.554. The number of carbonyl (C=O) groups excluding carboxylic acids is 1. The lowest BCUT2D eigenvalue weighted by Gasteiger charge is -2.26. The van der Waals surface area contributed by atoms with Crippen LogP contribution in [0.4, 0.5) is 4.39 Å². The summed E-state index contributed by atoms with van der Waals surface area (Å²) < 4.78 is 38.4. The van der Waals surface area contributed by atoms with Crippen molar-refractivity contribution in [3.8, 4) is 11.4 Å². The molecule has 11 heteroatoms. The van der Waals surface area contributed by atoms with Gasteiger partial charge in [-0.2, -0.15) is 0 Å². The fraction of sp³-hybridized carbons (Fsp3) is 0.438. The summed E-state index contributed by atoms with van der Waals surface area (Å²) in [4.78, 5) is 14.1. The molecule has 0 radical (unpaired) electrons. The first-order valence-electron chi connectivity index (χ1n) is 8.40. The summed E-state index contributed by atoms with van der Waals surface area (Å²) >= 11 is 1.08. The largest absolute Gasteiger partial charge is 0.338 e. The Balaban J connectivity index is 1.68. The highest BCUT2D eigenvalue weighted by molar-refractivity contribution is 7.99. The topological polar surface area (TPSA) is 111 Å². The van der Waals surface area contributed by atoms with E-state index >= 15 is 0 Å². The number of hydrogen-bond donors (Lipinski definition) is 1. The Morgan fingerprint density at radius 2 is 2.15 bits per heavy atom. The van der Waals surface area contributed by atoms with Crippen LogP contribution in [0.2, 0.25) is 0 Å². The number of rotatable bonds is 6. The average molecular weight is 414 g/mol. The van der Waals surface area contributed by atoms with Crippen LogP contribution in [-0.2, 0) is 14.6 Å². The van der Waals surface area contributed by atoms with Crippen molar-refractivity contribution in [1.82, 2.24) is 19.8 Å². The summed E-state index contributed by atoms with van der Waals surface area (Å²) in [6.07, 6.45) is 0.455. The molecular formula is C16H20FN5O3S2. The number of carbonyl (C=O) groups is 1. The van der Waals surface area contributed by atoms with Crippen LogP contribution in [0.5, 0.6) is 0 Å². The van der Waals surface area contributed by atoms with Gasteiger partial charge in [0.05, 0.1) is 22.8 Å². The summed E-state index contributed by atoms with van der Waals surface area (Å²) in [5.41, 5.74) is 0.219. The number of amides is 1. The van der Waals surface area contributed by atoms with Gasteiger partial charge in [0, 0.05) is 12.6 Å². The summed E-state index contributed by atoms with van der Waals surface area (Å²) in [6.45, 7) is 2.24. The highest BCUT2D eigenvalue weighted by Crippen LogP contribution is 2.25. The maximum Gasteiger partial charge on any atom is 0.233 e. The second-order valence-corrected chi connectivity index (χ2v) is 9.35. The van der Waals surface area contributed by atoms with E-state index in [2.05, 4.69) is 10.2 Å². The monoisotopic (exact) mass is 413 g/mol. The third kappa shape index (κ3) is 4.24. The minimum absolute atomic E-state index is 0.00174. The second-order valence-electron chi connectivity index (χ2n) is 6.18. The molecule has 0 unspecified atom stereocenters. The van der Waals surface area contributed by atoms with Crippen molar-refractivity contribution in [1.29, 1.82) is 0 Å². The lowest BCUT2D eigenvalue weighted by molar-refractivity contribution is -0.129. The van der Waals surface area contributed by atoms with Gasteiger partial charge in [0.1, 0.15) is 5.82 Å². The number of nitrogens with two attached hydrogens (primary N) is 1. The lowest BCUT2D eigenvalue weighted by Crippen LogP contribution is -2.42. The highest BCUT2D eigenvalue weighted by Gasteiger charge is 2.33. The van der Waals surface area contributed by atoms with Crippen LogP contribution < -0.4 is 5.84 Å². The zero-order valence-corrected chi connectivity index (χ0v) is 16.3. The van der Waals surface area contributed by atoms with Crippen molar-refractivity contribution >= 4 is 27.5 Å². The van der Waals surface area contributed by atoms with Crippen LogP contribution in [0.15, 0.2) is 29.4 Å². The summed E-state index contributed by atoms with van der Waals surface area (Å²) in [5, 5.41) is 8.11. The van der Waals surface area contributed by atoms with Crippen molar-refractivity contribution in [2.24, 2.45) is 0 Å². The zero-order valence-electron chi connectivity index (χ0n) is 14.7. The fourth-order valence-corrected chi connectivity index (χ4v) is 5.54. The number of nitrogens with zero attached hydrogens (tertiary/aromatic N) is 4. The first-order valence-corrected chi connectivity index (χ1v) is 11.2. The van der Waals surface area contributed by atoms with E-state index in [1.165, 1.54) is 6.07 Å². The highest BCUT2D eigenvalue weighted by atomic mass is 32.2. The fourth-order valence-electron chi connectivity index (χ4n) is 3.07. The third-order valence-electron chi connectivity index (χ3n) is 4.41. The Labute approximate surface area is 160 Å². The molecule has 1 saturated heterocycles. The second kappa shape index (κ2) is 7.85. The molecular weight excluding hydrogens is 393 g/mol. The van der Waals surface area contributed by atoms with E-state index in [0.717, 1.165) is 16.4 Å². The van der Waals surface area contributed by atoms with E-state index in [-0.39, 0.29) is 45.8 Å². The Kier molecular flexibility index (Phi) is 5.70. The van der Waals surface area contributed by atoms with Crippen LogP contribution in [0.1, 0.15) is 13.3 Å². The Morgan fingerprint density at radius 3 is 2.78 bits per heavy atom. The summed E-state index contributed by atoms with van der Waals surface area (Å²) in [7, 11) is -3.07. The van der Waals surface area contributed by atoms with Crippen LogP contribution in [0, 0.1) is 5.82 Å². The smallest absolute Gasteiger partial charge is 0.233 e. The van der Waals surface area contributed by atoms with Crippen LogP contribution in [0.3, 0.4) is 0 Å². The summed E-state index contributed by atoms with van der Waals surface area (Å²) in [5.74, 6) is 5.61. The third-order valence-corrected chi connectivity index (χ3v) is 7.09. The predicted octanol–water partition coefficient (Wildman–Crippen LogP) is 0.926. The van der Waals surface area contributed by atoms with E-state index in [1.54, 1.807) is 23.1 Å². The van der Waals surface area contributed by atoms with E-state index in [4.69, 9.17) is 5.84 Å². The van der Waals surface area contributed by atoms with Crippen molar-refractivity contribution in [2.45, 2.75) is 24.5 Å². The molecule has 8 nitrogen and oxygen atoms in total. The first kappa shape index (κ1) is 19.6. The number of nitrogen functional groups attached to an aromatic ring is 1. The van der Waals surface area contributed by atoms with Gasteiger partial charge in [0.25, 0.3) is 0 Å². The average Bonchev–Trinajstić information content (AvgIpc) is 3.16. The van der Waals surface area contributed by atoms with Gasteiger partial charge in [-0.05, 0) is 25.5 Å². The van der Waals surface area contributed by atoms with E-state index in [1.807, 2.05) is 6.92 Å². The molecule has 2 N–H and O–H groups in total. The number of sulfone groups is 1. The molecule has 1 aromatic carbocycles. The van der Waals surface area contributed by atoms with Gasteiger partial charge >= 0.3 is 0 Å². The molecule has 2 heterocycles. The molecule has 27 heavy (non-hydrogen) atoms. The molecule has 2 aromatic rings. The number of thioether (sulfide) groups is 1. The van der Waals surface area contributed by atoms with Gasteiger partial charge < -0.3 is 10.7 Å². The standard InChI is InChI=1S/C16H20FN5O3S2/c1-2-21(11-7-8-27(24,25)10-11)14(23)9-26-16-20-19-15(22(16)18)12-5-3-4-6-13(12)17/h3-6,11H,2,7-10,18H2,1H3/t11-/m1/s1. The number of aromatic nitrogens is 3. The van der Waals surface area contributed by atoms with Crippen LogP contribution in [-0.4, -0.2) is 63.9 Å². The van der Waals surface area contributed by atoms with Crippen LogP contribution >= 0.6 is 11.8 Å². The molecule has 1 amide bonds. The molecule has 1 aliphatic rings. The van der Waals surface area contributed by atoms with E-state index < -0.39 is 15.7 Å². The van der Waals surface area contributed by atoms with Gasteiger partial charge in [-0.15, -0.1) is 10.2 Å². The Hall–Kier alpha value is -2.14. The van der Waals surface area contributed by atoms with Crippen molar-refractivity contribution in [3.05, 3.63) is 30.1 Å². The summed E-state index contributed by atoms with van der Waals surface area (Å²) in [6, 6.07) is 5.78. The zero-order chi connectivity index (χ0) is 19.6. The molecule has 3 rings (SSSR count). The molecule has 0 bridgehead atoms. The molecule has 1 atom stereocenters. The van der Waals surface area contributed by atoms with Crippen molar-refractivity contribution in [2.75, 3.05) is 29.6 Å². The Bertz CT molecular complexity index is 947. The molecule has 0 saturated carbocycles. The van der Waals surface area contributed by atoms with Crippen molar-refractivity contribution < 1.29 is 17.6 Å². The normalized spacial score (nSPS) is 18.5. The predicted molar refractivity (Wildman–Crippen MR) is 101 cm³/mol. The first-order chi connectivity index (χ1) is 12.8. The van der Waals surface area contributed by atoms with Gasteiger partial charge in [0.2, 0.25) is 11.1 Å². The SMILES string of the molecule is CCN(C(=O)CSc1nnc(-c2ccccc2F)n1N)[C@@H]1CCS(=O)(=O)C1. The molecule has 1 fully saturated rings. The Morgan fingerprint density at radius 1 is 1.41 bits per heavy atom. The van der Waals surface area contributed by atoms with Gasteiger partial charge in [0.15, 0.2) is 15.7 Å². The number of hydrogen-bond acceptors (Lipinski definition) is 7. The van der Waals surface area contributed by atoms with E-state index in [0.29, 0.717) is 13.0 Å². The maximum absolute atomic E-state index is 13.9.